The number of carboxylic acids is 2. The molecule has 0 heterocycles. The number of benzene rings is 4. The standard InChI is InChI=1S/C30H29NO7S/c1-19-15-20(2)30(21(3)16-19)39(36,37)31(18-29(34)35)25-13-14-26(24-12-8-7-11-23(24)25)38-27(17-28(32)33)22-9-5-4-6-10-22/h4-16,27H,17-18H2,1-3H3,(H,32,33)(H,34,35). The number of anilines is 1. The summed E-state index contributed by atoms with van der Waals surface area (Å²) in [7, 11) is -4.28. The summed E-state index contributed by atoms with van der Waals surface area (Å²) < 4.78 is 35.1. The Morgan fingerprint density at radius 2 is 1.41 bits per heavy atom. The summed E-state index contributed by atoms with van der Waals surface area (Å²) in [5, 5.41) is 20.2. The van der Waals surface area contributed by atoms with Gasteiger partial charge in [-0.2, -0.15) is 0 Å². The van der Waals surface area contributed by atoms with Gasteiger partial charge < -0.3 is 14.9 Å². The van der Waals surface area contributed by atoms with Crippen molar-refractivity contribution in [2.75, 3.05) is 10.8 Å². The fourth-order valence-corrected chi connectivity index (χ4v) is 6.74. The Kier molecular flexibility index (Phi) is 7.92. The molecular weight excluding hydrogens is 518 g/mol. The molecule has 0 saturated heterocycles. The molecule has 9 heteroatoms. The second kappa shape index (κ2) is 11.2. The van der Waals surface area contributed by atoms with Gasteiger partial charge in [0.2, 0.25) is 0 Å². The zero-order chi connectivity index (χ0) is 28.3. The SMILES string of the molecule is Cc1cc(C)c(S(=O)(=O)N(CC(=O)O)c2ccc(OC(CC(=O)O)c3ccccc3)c3ccccc23)c(C)c1. The first-order valence-corrected chi connectivity index (χ1v) is 13.7. The molecule has 0 fully saturated rings. The quantitative estimate of drug-likeness (QED) is 0.264. The molecule has 4 aromatic rings. The molecule has 39 heavy (non-hydrogen) atoms. The molecule has 1 unspecified atom stereocenters. The fourth-order valence-electron chi connectivity index (χ4n) is 4.89. The van der Waals surface area contributed by atoms with E-state index < -0.39 is 34.6 Å². The number of carbonyl (C=O) groups is 2. The largest absolute Gasteiger partial charge is 0.484 e. The number of carboxylic acid groups (broad SMARTS) is 2. The lowest BCUT2D eigenvalue weighted by Gasteiger charge is -2.27. The van der Waals surface area contributed by atoms with Crippen molar-refractivity contribution in [3.63, 3.8) is 0 Å². The van der Waals surface area contributed by atoms with Crippen LogP contribution in [0.5, 0.6) is 5.75 Å². The van der Waals surface area contributed by atoms with E-state index in [-0.39, 0.29) is 17.0 Å². The summed E-state index contributed by atoms with van der Waals surface area (Å²) in [5.41, 5.74) is 2.79. The van der Waals surface area contributed by atoms with Gasteiger partial charge in [0.15, 0.2) is 0 Å². The van der Waals surface area contributed by atoms with Crippen LogP contribution in [0.25, 0.3) is 10.8 Å². The molecule has 2 N–H and O–H groups in total. The molecule has 8 nitrogen and oxygen atoms in total. The summed E-state index contributed by atoms with van der Waals surface area (Å²) in [4.78, 5) is 23.6. The second-order valence-corrected chi connectivity index (χ2v) is 11.2. The average molecular weight is 548 g/mol. The van der Waals surface area contributed by atoms with Crippen molar-refractivity contribution in [3.05, 3.63) is 101 Å². The van der Waals surface area contributed by atoms with Gasteiger partial charge in [-0.15, -0.1) is 0 Å². The van der Waals surface area contributed by atoms with Crippen molar-refractivity contribution in [1.29, 1.82) is 0 Å². The highest BCUT2D eigenvalue weighted by Gasteiger charge is 2.32. The molecule has 0 radical (unpaired) electrons. The monoisotopic (exact) mass is 547 g/mol. The Balaban J connectivity index is 1.87. The van der Waals surface area contributed by atoms with E-state index in [0.717, 1.165) is 9.87 Å². The van der Waals surface area contributed by atoms with E-state index in [2.05, 4.69) is 0 Å². The molecule has 0 aliphatic carbocycles. The predicted molar refractivity (Wildman–Crippen MR) is 149 cm³/mol. The lowest BCUT2D eigenvalue weighted by Crippen LogP contribution is -2.36. The van der Waals surface area contributed by atoms with Crippen LogP contribution in [0.4, 0.5) is 5.69 Å². The summed E-state index contributed by atoms with van der Waals surface area (Å²) >= 11 is 0. The predicted octanol–water partition coefficient (Wildman–Crippen LogP) is 5.64. The highest BCUT2D eigenvalue weighted by molar-refractivity contribution is 7.93. The number of sulfonamides is 1. The van der Waals surface area contributed by atoms with E-state index in [1.165, 1.54) is 6.07 Å². The zero-order valence-electron chi connectivity index (χ0n) is 21.8. The maximum Gasteiger partial charge on any atom is 0.324 e. The molecule has 1 atom stereocenters. The molecule has 4 aromatic carbocycles. The Morgan fingerprint density at radius 3 is 2.00 bits per heavy atom. The summed E-state index contributed by atoms with van der Waals surface area (Å²) in [6, 6.07) is 22.4. The minimum absolute atomic E-state index is 0.0596. The van der Waals surface area contributed by atoms with Gasteiger partial charge in [0.25, 0.3) is 10.0 Å². The summed E-state index contributed by atoms with van der Waals surface area (Å²) in [5.74, 6) is -2.00. The van der Waals surface area contributed by atoms with Gasteiger partial charge in [-0.1, -0.05) is 72.3 Å². The van der Waals surface area contributed by atoms with Crippen molar-refractivity contribution in [1.82, 2.24) is 0 Å². The highest BCUT2D eigenvalue weighted by Crippen LogP contribution is 2.39. The molecular formula is C30H29NO7S. The molecule has 0 amide bonds. The minimum Gasteiger partial charge on any atom is -0.484 e. The molecule has 0 spiro atoms. The number of aliphatic carboxylic acids is 2. The van der Waals surface area contributed by atoms with Gasteiger partial charge in [-0.25, -0.2) is 8.42 Å². The summed E-state index contributed by atoms with van der Waals surface area (Å²) in [6.07, 6.45) is -1.08. The first-order valence-electron chi connectivity index (χ1n) is 12.3. The van der Waals surface area contributed by atoms with Crippen LogP contribution < -0.4 is 9.04 Å². The van der Waals surface area contributed by atoms with Crippen molar-refractivity contribution in [2.45, 2.75) is 38.2 Å². The van der Waals surface area contributed by atoms with Gasteiger partial charge in [0.1, 0.15) is 18.4 Å². The van der Waals surface area contributed by atoms with Crippen LogP contribution >= 0.6 is 0 Å². The van der Waals surface area contributed by atoms with Crippen LogP contribution in [0.2, 0.25) is 0 Å². The smallest absolute Gasteiger partial charge is 0.324 e. The molecule has 0 saturated carbocycles. The van der Waals surface area contributed by atoms with Crippen molar-refractivity contribution < 1.29 is 33.0 Å². The number of hydrogen-bond donors (Lipinski definition) is 2. The normalized spacial score (nSPS) is 12.2. The lowest BCUT2D eigenvalue weighted by atomic mass is 10.0. The molecule has 0 aliphatic heterocycles. The van der Waals surface area contributed by atoms with Crippen LogP contribution in [-0.4, -0.2) is 37.1 Å². The Labute approximate surface area is 227 Å². The van der Waals surface area contributed by atoms with Gasteiger partial charge in [-0.3, -0.25) is 13.9 Å². The number of nitrogens with zero attached hydrogens (tertiary/aromatic N) is 1. The van der Waals surface area contributed by atoms with E-state index >= 15 is 0 Å². The van der Waals surface area contributed by atoms with E-state index in [4.69, 9.17) is 4.74 Å². The Bertz CT molecular complexity index is 1630. The first-order chi connectivity index (χ1) is 18.5. The zero-order valence-corrected chi connectivity index (χ0v) is 22.6. The van der Waals surface area contributed by atoms with Gasteiger partial charge in [-0.05, 0) is 49.6 Å². The Morgan fingerprint density at radius 1 is 0.821 bits per heavy atom. The minimum atomic E-state index is -4.28. The number of rotatable bonds is 10. The topological polar surface area (TPSA) is 121 Å². The molecule has 0 aromatic heterocycles. The third-order valence-electron chi connectivity index (χ3n) is 6.36. The average Bonchev–Trinajstić information content (AvgIpc) is 2.86. The van der Waals surface area contributed by atoms with Gasteiger partial charge >= 0.3 is 11.9 Å². The number of aryl methyl sites for hydroxylation is 3. The third kappa shape index (κ3) is 5.88. The van der Waals surface area contributed by atoms with E-state index in [0.29, 0.717) is 33.2 Å². The van der Waals surface area contributed by atoms with Crippen LogP contribution in [0, 0.1) is 20.8 Å². The maximum atomic E-state index is 14.0. The number of fused-ring (bicyclic) bond motifs is 1. The van der Waals surface area contributed by atoms with E-state index in [1.807, 2.05) is 13.0 Å². The van der Waals surface area contributed by atoms with Crippen LogP contribution in [-0.2, 0) is 19.6 Å². The van der Waals surface area contributed by atoms with E-state index in [1.54, 1.807) is 80.6 Å². The van der Waals surface area contributed by atoms with E-state index in [9.17, 15) is 28.2 Å². The van der Waals surface area contributed by atoms with Crippen LogP contribution in [0.3, 0.4) is 0 Å². The first kappa shape index (κ1) is 27.7. The van der Waals surface area contributed by atoms with Crippen molar-refractivity contribution in [2.24, 2.45) is 0 Å². The molecule has 202 valence electrons. The van der Waals surface area contributed by atoms with Gasteiger partial charge in [0, 0.05) is 10.8 Å². The van der Waals surface area contributed by atoms with Crippen molar-refractivity contribution in [3.8, 4) is 5.75 Å². The van der Waals surface area contributed by atoms with Crippen LogP contribution in [0.1, 0.15) is 34.8 Å². The molecule has 4 rings (SSSR count). The molecule has 0 bridgehead atoms. The lowest BCUT2D eigenvalue weighted by molar-refractivity contribution is -0.139. The fraction of sp³-hybridized carbons (Fsp3) is 0.200. The highest BCUT2D eigenvalue weighted by atomic mass is 32.2. The number of ether oxygens (including phenoxy) is 1. The maximum absolute atomic E-state index is 14.0. The van der Waals surface area contributed by atoms with Gasteiger partial charge in [0.05, 0.1) is 17.0 Å². The van der Waals surface area contributed by atoms with Crippen molar-refractivity contribution >= 4 is 38.4 Å². The molecule has 0 aliphatic rings. The summed E-state index contributed by atoms with van der Waals surface area (Å²) in [6.45, 7) is 4.45. The number of hydrogen-bond acceptors (Lipinski definition) is 5. The second-order valence-electron chi connectivity index (χ2n) is 9.38. The third-order valence-corrected chi connectivity index (χ3v) is 8.43. The van der Waals surface area contributed by atoms with Crippen LogP contribution in [0.15, 0.2) is 83.8 Å². The Hall–Kier alpha value is -4.37.